The summed E-state index contributed by atoms with van der Waals surface area (Å²) in [4.78, 5) is 11.7. The summed E-state index contributed by atoms with van der Waals surface area (Å²) in [7, 11) is -3.48. The smallest absolute Gasteiger partial charge is 0.239 e. The van der Waals surface area contributed by atoms with Crippen LogP contribution in [0.15, 0.2) is 28.7 Å². The van der Waals surface area contributed by atoms with E-state index in [-0.39, 0.29) is 5.75 Å². The Kier molecular flexibility index (Phi) is 5.96. The molecule has 1 unspecified atom stereocenters. The van der Waals surface area contributed by atoms with Crippen molar-refractivity contribution in [1.82, 2.24) is 0 Å². The first-order chi connectivity index (χ1) is 8.84. The summed E-state index contributed by atoms with van der Waals surface area (Å²) >= 11 is 3.27. The van der Waals surface area contributed by atoms with Crippen molar-refractivity contribution in [3.8, 4) is 0 Å². The van der Waals surface area contributed by atoms with Crippen molar-refractivity contribution in [2.45, 2.75) is 19.4 Å². The first kappa shape index (κ1) is 16.1. The minimum Gasteiger partial charge on any atom is -0.327 e. The minimum atomic E-state index is -3.48. The molecule has 0 saturated heterocycles. The topological polar surface area (TPSA) is 89.3 Å². The third-order valence-electron chi connectivity index (χ3n) is 2.49. The minimum absolute atomic E-state index is 0.174. The Bertz CT molecular complexity index is 546. The Morgan fingerprint density at radius 1 is 1.42 bits per heavy atom. The molecule has 1 aromatic carbocycles. The van der Waals surface area contributed by atoms with Gasteiger partial charge in [0.1, 0.15) is 5.75 Å². The van der Waals surface area contributed by atoms with Gasteiger partial charge in [0.15, 0.2) is 9.84 Å². The van der Waals surface area contributed by atoms with Gasteiger partial charge < -0.3 is 11.1 Å². The lowest BCUT2D eigenvalue weighted by molar-refractivity contribution is -0.113. The van der Waals surface area contributed by atoms with Crippen LogP contribution in [0.25, 0.3) is 0 Å². The number of nitrogens with two attached hydrogens (primary N) is 1. The predicted octanol–water partition coefficient (Wildman–Crippen LogP) is 1.54. The van der Waals surface area contributed by atoms with Crippen molar-refractivity contribution >= 4 is 37.4 Å². The van der Waals surface area contributed by atoms with E-state index in [0.29, 0.717) is 16.6 Å². The summed E-state index contributed by atoms with van der Waals surface area (Å²) in [6.07, 6.45) is 0.561. The number of sulfone groups is 1. The van der Waals surface area contributed by atoms with E-state index < -0.39 is 27.5 Å². The van der Waals surface area contributed by atoms with Crippen molar-refractivity contribution < 1.29 is 13.2 Å². The van der Waals surface area contributed by atoms with Crippen molar-refractivity contribution in [2.75, 3.05) is 16.8 Å². The number of amides is 1. The molecule has 3 N–H and O–H groups in total. The molecule has 0 radical (unpaired) electrons. The zero-order chi connectivity index (χ0) is 14.5. The second kappa shape index (κ2) is 7.02. The standard InChI is InChI=1S/C12H17BrN2O3S/c1-2-9(14)7-19(17,18)8-12(16)15-11-6-4-3-5-10(11)13/h3-6,9H,2,7-8,14H2,1H3,(H,15,16). The molecule has 106 valence electrons. The third-order valence-corrected chi connectivity index (χ3v) is 4.82. The second-order valence-corrected chi connectivity index (χ2v) is 7.21. The molecular formula is C12H17BrN2O3S. The monoisotopic (exact) mass is 348 g/mol. The van der Waals surface area contributed by atoms with Gasteiger partial charge in [0.2, 0.25) is 5.91 Å². The summed E-state index contributed by atoms with van der Waals surface area (Å²) in [6.45, 7) is 1.81. The first-order valence-corrected chi connectivity index (χ1v) is 8.46. The van der Waals surface area contributed by atoms with Gasteiger partial charge >= 0.3 is 0 Å². The number of anilines is 1. The van der Waals surface area contributed by atoms with Crippen LogP contribution in [0.2, 0.25) is 0 Å². The SMILES string of the molecule is CCC(N)CS(=O)(=O)CC(=O)Nc1ccccc1Br. The average Bonchev–Trinajstić information content (AvgIpc) is 2.30. The molecule has 0 bridgehead atoms. The van der Waals surface area contributed by atoms with Gasteiger partial charge in [-0.2, -0.15) is 0 Å². The number of benzene rings is 1. The Balaban J connectivity index is 2.63. The van der Waals surface area contributed by atoms with E-state index in [4.69, 9.17) is 5.73 Å². The maximum atomic E-state index is 11.7. The van der Waals surface area contributed by atoms with Crippen LogP contribution in [-0.2, 0) is 14.6 Å². The van der Waals surface area contributed by atoms with Crippen LogP contribution in [0.5, 0.6) is 0 Å². The number of carbonyl (C=O) groups excluding carboxylic acids is 1. The molecule has 1 aromatic rings. The number of para-hydroxylation sites is 1. The highest BCUT2D eigenvalue weighted by Gasteiger charge is 2.19. The number of halogens is 1. The Labute approximate surface area is 121 Å². The number of carbonyl (C=O) groups is 1. The maximum absolute atomic E-state index is 11.7. The second-order valence-electron chi connectivity index (χ2n) is 4.25. The van der Waals surface area contributed by atoms with Gasteiger partial charge in [-0.15, -0.1) is 0 Å². The van der Waals surface area contributed by atoms with Gasteiger partial charge in [-0.1, -0.05) is 19.1 Å². The Morgan fingerprint density at radius 3 is 2.63 bits per heavy atom. The van der Waals surface area contributed by atoms with Crippen LogP contribution in [0.3, 0.4) is 0 Å². The fourth-order valence-corrected chi connectivity index (χ4v) is 3.31. The summed E-state index contributed by atoms with van der Waals surface area (Å²) in [5.74, 6) is -1.29. The summed E-state index contributed by atoms with van der Waals surface area (Å²) in [5, 5.41) is 2.55. The molecule has 1 atom stereocenters. The van der Waals surface area contributed by atoms with Gasteiger partial charge in [-0.3, -0.25) is 4.79 Å². The van der Waals surface area contributed by atoms with Crippen LogP contribution in [0.1, 0.15) is 13.3 Å². The lowest BCUT2D eigenvalue weighted by Gasteiger charge is -2.10. The molecule has 5 nitrogen and oxygen atoms in total. The summed E-state index contributed by atoms with van der Waals surface area (Å²) < 4.78 is 24.2. The van der Waals surface area contributed by atoms with E-state index in [1.165, 1.54) is 0 Å². The molecule has 1 amide bonds. The molecule has 0 aliphatic rings. The van der Waals surface area contributed by atoms with E-state index >= 15 is 0 Å². The average molecular weight is 349 g/mol. The molecule has 0 spiro atoms. The molecule has 19 heavy (non-hydrogen) atoms. The van der Waals surface area contributed by atoms with Crippen LogP contribution >= 0.6 is 15.9 Å². The Hall–Kier alpha value is -0.920. The first-order valence-electron chi connectivity index (χ1n) is 5.84. The van der Waals surface area contributed by atoms with Gasteiger partial charge in [0.05, 0.1) is 11.4 Å². The van der Waals surface area contributed by atoms with Crippen molar-refractivity contribution in [2.24, 2.45) is 5.73 Å². The molecule has 0 aliphatic heterocycles. The van der Waals surface area contributed by atoms with E-state index in [1.54, 1.807) is 31.2 Å². The predicted molar refractivity (Wildman–Crippen MR) is 79.7 cm³/mol. The molecule has 7 heteroatoms. The van der Waals surface area contributed by atoms with E-state index in [2.05, 4.69) is 21.2 Å². The zero-order valence-corrected chi connectivity index (χ0v) is 13.0. The molecule has 0 heterocycles. The summed E-state index contributed by atoms with van der Waals surface area (Å²) in [5.41, 5.74) is 6.14. The maximum Gasteiger partial charge on any atom is 0.239 e. The zero-order valence-electron chi connectivity index (χ0n) is 10.6. The number of rotatable bonds is 6. The summed E-state index contributed by atoms with van der Waals surface area (Å²) in [6, 6.07) is 6.57. The molecule has 0 aromatic heterocycles. The molecule has 0 aliphatic carbocycles. The third kappa shape index (κ3) is 5.71. The molecular weight excluding hydrogens is 332 g/mol. The van der Waals surface area contributed by atoms with E-state index in [9.17, 15) is 13.2 Å². The number of hydrogen-bond donors (Lipinski definition) is 2. The van der Waals surface area contributed by atoms with Crippen LogP contribution in [-0.4, -0.2) is 31.9 Å². The highest BCUT2D eigenvalue weighted by atomic mass is 79.9. The fourth-order valence-electron chi connectivity index (χ4n) is 1.45. The van der Waals surface area contributed by atoms with Gasteiger partial charge in [0, 0.05) is 10.5 Å². The largest absolute Gasteiger partial charge is 0.327 e. The number of hydrogen-bond acceptors (Lipinski definition) is 4. The van der Waals surface area contributed by atoms with E-state index in [0.717, 1.165) is 0 Å². The van der Waals surface area contributed by atoms with Crippen molar-refractivity contribution in [3.05, 3.63) is 28.7 Å². The molecule has 0 saturated carbocycles. The van der Waals surface area contributed by atoms with Gasteiger partial charge in [-0.05, 0) is 34.5 Å². The van der Waals surface area contributed by atoms with Crippen LogP contribution < -0.4 is 11.1 Å². The van der Waals surface area contributed by atoms with Gasteiger partial charge in [-0.25, -0.2) is 8.42 Å². The Morgan fingerprint density at radius 2 is 2.05 bits per heavy atom. The lowest BCUT2D eigenvalue weighted by atomic mass is 10.3. The quantitative estimate of drug-likeness (QED) is 0.815. The number of nitrogens with one attached hydrogen (secondary N) is 1. The van der Waals surface area contributed by atoms with Crippen LogP contribution in [0.4, 0.5) is 5.69 Å². The highest BCUT2D eigenvalue weighted by molar-refractivity contribution is 9.10. The van der Waals surface area contributed by atoms with Gasteiger partial charge in [0.25, 0.3) is 0 Å². The van der Waals surface area contributed by atoms with Crippen molar-refractivity contribution in [1.29, 1.82) is 0 Å². The molecule has 1 rings (SSSR count). The fraction of sp³-hybridized carbons (Fsp3) is 0.417. The van der Waals surface area contributed by atoms with Crippen LogP contribution in [0, 0.1) is 0 Å². The van der Waals surface area contributed by atoms with E-state index in [1.807, 2.05) is 0 Å². The molecule has 0 fully saturated rings. The lowest BCUT2D eigenvalue weighted by Crippen LogP contribution is -2.33. The van der Waals surface area contributed by atoms with Crippen molar-refractivity contribution in [3.63, 3.8) is 0 Å². The highest BCUT2D eigenvalue weighted by Crippen LogP contribution is 2.21. The normalized spacial score (nSPS) is 13.0.